The summed E-state index contributed by atoms with van der Waals surface area (Å²) in [7, 11) is 0. The van der Waals surface area contributed by atoms with Crippen molar-refractivity contribution in [3.63, 3.8) is 0 Å². The van der Waals surface area contributed by atoms with E-state index in [1.54, 1.807) is 13.8 Å². The number of esters is 2. The van der Waals surface area contributed by atoms with E-state index in [1.165, 1.54) is 0 Å². The zero-order valence-corrected chi connectivity index (χ0v) is 16.9. The first-order chi connectivity index (χ1) is 13.3. The molecule has 28 heavy (non-hydrogen) atoms. The predicted molar refractivity (Wildman–Crippen MR) is 105 cm³/mol. The molecule has 0 bridgehead atoms. The molecule has 0 aromatic carbocycles. The third-order valence-electron chi connectivity index (χ3n) is 3.58. The van der Waals surface area contributed by atoms with E-state index in [4.69, 9.17) is 9.47 Å². The van der Waals surface area contributed by atoms with Gasteiger partial charge in [0.15, 0.2) is 0 Å². The molecule has 2 amide bonds. The van der Waals surface area contributed by atoms with Crippen molar-refractivity contribution in [3.8, 4) is 0 Å². The molecule has 0 saturated carbocycles. The molecule has 0 aromatic rings. The normalized spacial score (nSPS) is 9.93. The first-order valence-corrected chi connectivity index (χ1v) is 9.47. The number of ether oxygens (including phenoxy) is 2. The molecule has 0 aliphatic heterocycles. The first kappa shape index (κ1) is 25.4. The van der Waals surface area contributed by atoms with E-state index in [1.807, 2.05) is 0 Å². The maximum atomic E-state index is 11.6. The van der Waals surface area contributed by atoms with Crippen molar-refractivity contribution in [3.05, 3.63) is 24.3 Å². The topological polar surface area (TPSA) is 111 Å². The van der Waals surface area contributed by atoms with Gasteiger partial charge >= 0.3 is 23.8 Å². The fraction of sp³-hybridized carbons (Fsp3) is 0.600. The highest BCUT2D eigenvalue weighted by molar-refractivity contribution is 6.35. The van der Waals surface area contributed by atoms with Crippen LogP contribution in [-0.2, 0) is 28.7 Å². The van der Waals surface area contributed by atoms with Crippen molar-refractivity contribution >= 4 is 23.8 Å². The summed E-state index contributed by atoms with van der Waals surface area (Å²) < 4.78 is 9.90. The van der Waals surface area contributed by atoms with Gasteiger partial charge in [-0.3, -0.25) is 9.59 Å². The summed E-state index contributed by atoms with van der Waals surface area (Å²) in [6, 6.07) is 0. The summed E-state index contributed by atoms with van der Waals surface area (Å²) in [6.45, 7) is 11.5. The van der Waals surface area contributed by atoms with Crippen LogP contribution in [0.2, 0.25) is 0 Å². The fourth-order valence-corrected chi connectivity index (χ4v) is 1.95. The van der Waals surface area contributed by atoms with E-state index in [2.05, 4.69) is 23.8 Å². The minimum atomic E-state index is -0.663. The second kappa shape index (κ2) is 15.4. The number of hydrogen-bond donors (Lipinski definition) is 2. The maximum Gasteiger partial charge on any atom is 0.333 e. The first-order valence-electron chi connectivity index (χ1n) is 9.47. The highest BCUT2D eigenvalue weighted by atomic mass is 16.5. The van der Waals surface area contributed by atoms with Crippen LogP contribution in [0.25, 0.3) is 0 Å². The lowest BCUT2D eigenvalue weighted by atomic mass is 10.2. The van der Waals surface area contributed by atoms with E-state index in [9.17, 15) is 19.2 Å². The number of carbonyl (C=O) groups excluding carboxylic acids is 4. The Labute approximate surface area is 166 Å². The van der Waals surface area contributed by atoms with Crippen molar-refractivity contribution in [1.82, 2.24) is 10.6 Å². The molecule has 0 radical (unpaired) electrons. The molecule has 158 valence electrons. The van der Waals surface area contributed by atoms with Gasteiger partial charge < -0.3 is 20.1 Å². The molecule has 8 nitrogen and oxygen atoms in total. The smallest absolute Gasteiger partial charge is 0.333 e. The molecule has 0 rings (SSSR count). The van der Waals surface area contributed by atoms with Gasteiger partial charge in [0.25, 0.3) is 0 Å². The Kier molecular flexibility index (Phi) is 14.0. The summed E-state index contributed by atoms with van der Waals surface area (Å²) in [5.74, 6) is -2.14. The SMILES string of the molecule is C=C(C)C(=O)OCCCCCNC(=O)C(=O)NCCCCCOC(=O)C(=C)C. The molecule has 0 aromatic heterocycles. The van der Waals surface area contributed by atoms with Crippen molar-refractivity contribution < 1.29 is 28.7 Å². The van der Waals surface area contributed by atoms with Crippen LogP contribution in [0.1, 0.15) is 52.4 Å². The van der Waals surface area contributed by atoms with Crippen molar-refractivity contribution in [1.29, 1.82) is 0 Å². The van der Waals surface area contributed by atoms with Gasteiger partial charge in [0.05, 0.1) is 13.2 Å². The van der Waals surface area contributed by atoms with Crippen LogP contribution in [0, 0.1) is 0 Å². The van der Waals surface area contributed by atoms with Crippen molar-refractivity contribution in [2.24, 2.45) is 0 Å². The summed E-state index contributed by atoms with van der Waals surface area (Å²) >= 11 is 0. The van der Waals surface area contributed by atoms with Gasteiger partial charge in [-0.25, -0.2) is 9.59 Å². The summed E-state index contributed by atoms with van der Waals surface area (Å²) in [6.07, 6.45) is 4.27. The molecule has 0 atom stereocenters. The number of carbonyl (C=O) groups is 4. The Morgan fingerprint density at radius 1 is 0.643 bits per heavy atom. The standard InChI is InChI=1S/C20H32N2O6/c1-15(2)19(25)27-13-9-5-7-11-21-17(23)18(24)22-12-8-6-10-14-28-20(26)16(3)4/h1,3,5-14H2,2,4H3,(H,21,23)(H,22,24). The van der Waals surface area contributed by atoms with Crippen molar-refractivity contribution in [2.45, 2.75) is 52.4 Å². The molecule has 0 unspecified atom stereocenters. The molecule has 0 spiro atoms. The van der Waals surface area contributed by atoms with E-state index in [-0.39, 0.29) is 0 Å². The molecule has 8 heteroatoms. The van der Waals surface area contributed by atoms with Crippen LogP contribution in [0.4, 0.5) is 0 Å². The Morgan fingerprint density at radius 3 is 1.32 bits per heavy atom. The zero-order valence-electron chi connectivity index (χ0n) is 16.9. The van der Waals surface area contributed by atoms with Crippen LogP contribution in [0.15, 0.2) is 24.3 Å². The molecule has 0 aliphatic rings. The molecular formula is C20H32N2O6. The number of hydrogen-bond acceptors (Lipinski definition) is 6. The van der Waals surface area contributed by atoms with E-state index < -0.39 is 23.8 Å². The average Bonchev–Trinajstić information content (AvgIpc) is 2.65. The van der Waals surface area contributed by atoms with Gasteiger partial charge in [0.2, 0.25) is 0 Å². The lowest BCUT2D eigenvalue weighted by Crippen LogP contribution is -2.40. The van der Waals surface area contributed by atoms with E-state index >= 15 is 0 Å². The Morgan fingerprint density at radius 2 is 1.00 bits per heavy atom. The minimum Gasteiger partial charge on any atom is -0.462 e. The third kappa shape index (κ3) is 13.5. The minimum absolute atomic E-state index is 0.312. The number of unbranched alkanes of at least 4 members (excludes halogenated alkanes) is 4. The Bertz CT molecular complexity index is 521. The van der Waals surface area contributed by atoms with Gasteiger partial charge in [-0.15, -0.1) is 0 Å². The van der Waals surface area contributed by atoms with Gasteiger partial charge in [0.1, 0.15) is 0 Å². The maximum absolute atomic E-state index is 11.6. The molecular weight excluding hydrogens is 364 g/mol. The zero-order chi connectivity index (χ0) is 21.4. The Hall–Kier alpha value is -2.64. The third-order valence-corrected chi connectivity index (χ3v) is 3.58. The Balaban J connectivity index is 3.55. The molecule has 2 N–H and O–H groups in total. The van der Waals surface area contributed by atoms with Gasteiger partial charge in [-0.2, -0.15) is 0 Å². The van der Waals surface area contributed by atoms with E-state index in [0.717, 1.165) is 12.8 Å². The van der Waals surface area contributed by atoms with Gasteiger partial charge in [0, 0.05) is 24.2 Å². The lowest BCUT2D eigenvalue weighted by molar-refractivity contribution is -0.140. The van der Waals surface area contributed by atoms with Gasteiger partial charge in [-0.1, -0.05) is 13.2 Å². The predicted octanol–water partition coefficient (Wildman–Crippen LogP) is 1.80. The van der Waals surface area contributed by atoms with Crippen LogP contribution in [-0.4, -0.2) is 50.1 Å². The van der Waals surface area contributed by atoms with Crippen LogP contribution < -0.4 is 10.6 Å². The number of amides is 2. The molecule has 0 heterocycles. The van der Waals surface area contributed by atoms with Gasteiger partial charge in [-0.05, 0) is 52.4 Å². The lowest BCUT2D eigenvalue weighted by Gasteiger charge is -2.07. The molecule has 0 aliphatic carbocycles. The highest BCUT2D eigenvalue weighted by Gasteiger charge is 2.11. The summed E-state index contributed by atoms with van der Waals surface area (Å²) in [5.41, 5.74) is 0.731. The van der Waals surface area contributed by atoms with Crippen LogP contribution in [0.3, 0.4) is 0 Å². The second-order valence-electron chi connectivity index (χ2n) is 6.47. The summed E-state index contributed by atoms with van der Waals surface area (Å²) in [4.78, 5) is 45.6. The second-order valence-corrected chi connectivity index (χ2v) is 6.47. The number of rotatable bonds is 14. The van der Waals surface area contributed by atoms with E-state index in [0.29, 0.717) is 63.1 Å². The van der Waals surface area contributed by atoms with Crippen molar-refractivity contribution in [2.75, 3.05) is 26.3 Å². The average molecular weight is 396 g/mol. The summed E-state index contributed by atoms with van der Waals surface area (Å²) in [5, 5.41) is 5.09. The van der Waals surface area contributed by atoms with Crippen LogP contribution in [0.5, 0.6) is 0 Å². The molecule has 0 fully saturated rings. The molecule has 0 saturated heterocycles. The monoisotopic (exact) mass is 396 g/mol. The quantitative estimate of drug-likeness (QED) is 0.200. The largest absolute Gasteiger partial charge is 0.462 e. The fourth-order valence-electron chi connectivity index (χ4n) is 1.95. The number of nitrogens with one attached hydrogen (secondary N) is 2. The van der Waals surface area contributed by atoms with Crippen LogP contribution >= 0.6 is 0 Å². The highest BCUT2D eigenvalue weighted by Crippen LogP contribution is 1.99.